The molecule has 2 nitrogen and oxygen atoms in total. The van der Waals surface area contributed by atoms with Crippen molar-refractivity contribution in [3.8, 4) is 0 Å². The molecular weight excluding hydrogens is 324 g/mol. The summed E-state index contributed by atoms with van der Waals surface area (Å²) in [5.41, 5.74) is 6.51. The lowest BCUT2D eigenvalue weighted by atomic mass is 10.2. The normalized spacial score (nSPS) is 12.5. The quantitative estimate of drug-likeness (QED) is 0.473. The number of rotatable bonds is 4. The molecule has 0 amide bonds. The smallest absolute Gasteiger partial charge is 0.0636 e. The molecule has 0 aliphatic rings. The Morgan fingerprint density at radius 3 is 1.52 bits per heavy atom. The number of hydrogen-bond acceptors (Lipinski definition) is 3. The van der Waals surface area contributed by atoms with E-state index in [2.05, 4.69) is 64.1 Å². The summed E-state index contributed by atoms with van der Waals surface area (Å²) in [6.45, 7) is 8.29. The van der Waals surface area contributed by atoms with Gasteiger partial charge in [-0.15, -0.1) is 11.3 Å². The van der Waals surface area contributed by atoms with Crippen LogP contribution in [-0.2, 0) is 0 Å². The van der Waals surface area contributed by atoms with Crippen LogP contribution < -0.4 is 0 Å². The zero-order chi connectivity index (χ0) is 17.8. The van der Waals surface area contributed by atoms with Gasteiger partial charge in [-0.1, -0.05) is 24.3 Å². The van der Waals surface area contributed by atoms with Gasteiger partial charge in [-0.05, 0) is 75.2 Å². The summed E-state index contributed by atoms with van der Waals surface area (Å²) in [5, 5.41) is 0. The van der Waals surface area contributed by atoms with Crippen molar-refractivity contribution < 1.29 is 0 Å². The number of aliphatic imine (C=N–C) groups is 2. The van der Waals surface area contributed by atoms with Crippen molar-refractivity contribution in [2.45, 2.75) is 27.7 Å². The molecule has 0 radical (unpaired) electrons. The average molecular weight is 346 g/mol. The van der Waals surface area contributed by atoms with Crippen molar-refractivity contribution in [2.24, 2.45) is 9.98 Å². The molecule has 0 N–H and O–H groups in total. The van der Waals surface area contributed by atoms with Gasteiger partial charge in [0.15, 0.2) is 0 Å². The Bertz CT molecular complexity index is 872. The lowest BCUT2D eigenvalue weighted by molar-refractivity contribution is 1.42. The molecule has 0 saturated heterocycles. The largest absolute Gasteiger partial charge is 0.252 e. The number of hydrogen-bond donors (Lipinski definition) is 0. The fourth-order valence-electron chi connectivity index (χ4n) is 2.62. The van der Waals surface area contributed by atoms with Crippen LogP contribution in [0.1, 0.15) is 34.7 Å². The van der Waals surface area contributed by atoms with Crippen LogP contribution in [0.15, 0.2) is 70.6 Å². The highest BCUT2D eigenvalue weighted by molar-refractivity contribution is 7.16. The molecule has 3 aromatic rings. The summed E-state index contributed by atoms with van der Waals surface area (Å²) in [7, 11) is 0. The first-order valence-electron chi connectivity index (χ1n) is 8.36. The maximum atomic E-state index is 4.75. The SMILES string of the molecule is CC(=Nc1cccc(C)c1)c1ccc(C(C)=Nc2cccc(C)c2)s1. The Labute approximate surface area is 153 Å². The monoisotopic (exact) mass is 346 g/mol. The Hall–Kier alpha value is -2.52. The number of aryl methyl sites for hydroxylation is 2. The summed E-state index contributed by atoms with van der Waals surface area (Å²) in [5.74, 6) is 0. The summed E-state index contributed by atoms with van der Waals surface area (Å²) in [4.78, 5) is 11.8. The second-order valence-corrected chi connectivity index (χ2v) is 7.32. The van der Waals surface area contributed by atoms with E-state index in [-0.39, 0.29) is 0 Å². The molecule has 126 valence electrons. The third-order valence-electron chi connectivity index (χ3n) is 3.92. The minimum absolute atomic E-state index is 0.998. The molecule has 0 spiro atoms. The molecule has 1 aromatic heterocycles. The van der Waals surface area contributed by atoms with Crippen molar-refractivity contribution >= 4 is 34.1 Å². The molecule has 25 heavy (non-hydrogen) atoms. The summed E-state index contributed by atoms with van der Waals surface area (Å²) in [6, 6.07) is 20.8. The third kappa shape index (κ3) is 4.52. The highest BCUT2D eigenvalue weighted by Crippen LogP contribution is 2.23. The Morgan fingerprint density at radius 2 is 1.12 bits per heavy atom. The van der Waals surface area contributed by atoms with Crippen molar-refractivity contribution in [2.75, 3.05) is 0 Å². The molecule has 0 saturated carbocycles. The van der Waals surface area contributed by atoms with Gasteiger partial charge < -0.3 is 0 Å². The lowest BCUT2D eigenvalue weighted by Crippen LogP contribution is -1.90. The van der Waals surface area contributed by atoms with Crippen LogP contribution in [0.4, 0.5) is 11.4 Å². The standard InChI is InChI=1S/C22H22N2S/c1-15-7-5-9-19(13-15)23-17(3)21-11-12-22(25-21)18(4)24-20-10-6-8-16(2)14-20/h5-14H,1-4H3. The second-order valence-electron chi connectivity index (χ2n) is 6.24. The maximum absolute atomic E-state index is 4.75. The molecule has 0 atom stereocenters. The third-order valence-corrected chi connectivity index (χ3v) is 5.22. The minimum Gasteiger partial charge on any atom is -0.252 e. The molecule has 0 aliphatic heterocycles. The van der Waals surface area contributed by atoms with Gasteiger partial charge >= 0.3 is 0 Å². The Balaban J connectivity index is 1.84. The van der Waals surface area contributed by atoms with Crippen LogP contribution in [0.25, 0.3) is 0 Å². The summed E-state index contributed by atoms with van der Waals surface area (Å²) < 4.78 is 0. The van der Waals surface area contributed by atoms with Crippen LogP contribution in [-0.4, -0.2) is 11.4 Å². The van der Waals surface area contributed by atoms with E-state index in [4.69, 9.17) is 9.98 Å². The molecule has 0 unspecified atom stereocenters. The first kappa shape index (κ1) is 17.3. The van der Waals surface area contributed by atoms with Crippen molar-refractivity contribution in [1.29, 1.82) is 0 Å². The van der Waals surface area contributed by atoms with Gasteiger partial charge in [0.05, 0.1) is 22.8 Å². The van der Waals surface area contributed by atoms with E-state index in [1.54, 1.807) is 11.3 Å². The minimum atomic E-state index is 0.998. The second kappa shape index (κ2) is 7.58. The molecule has 3 heteroatoms. The van der Waals surface area contributed by atoms with E-state index in [1.807, 2.05) is 24.3 Å². The molecule has 3 rings (SSSR count). The molecule has 0 bridgehead atoms. The zero-order valence-electron chi connectivity index (χ0n) is 15.1. The van der Waals surface area contributed by atoms with Gasteiger partial charge in [0, 0.05) is 9.75 Å². The Morgan fingerprint density at radius 1 is 0.680 bits per heavy atom. The van der Waals surface area contributed by atoms with E-state index in [0.717, 1.165) is 22.8 Å². The highest BCUT2D eigenvalue weighted by atomic mass is 32.1. The van der Waals surface area contributed by atoms with Gasteiger partial charge in [0.1, 0.15) is 0 Å². The predicted octanol–water partition coefficient (Wildman–Crippen LogP) is 6.65. The fraction of sp³-hybridized carbons (Fsp3) is 0.182. The van der Waals surface area contributed by atoms with E-state index >= 15 is 0 Å². The van der Waals surface area contributed by atoms with Gasteiger partial charge in [-0.25, -0.2) is 0 Å². The van der Waals surface area contributed by atoms with Crippen LogP contribution >= 0.6 is 11.3 Å². The first-order valence-corrected chi connectivity index (χ1v) is 9.17. The van der Waals surface area contributed by atoms with E-state index in [9.17, 15) is 0 Å². The van der Waals surface area contributed by atoms with Gasteiger partial charge in [0.25, 0.3) is 0 Å². The molecule has 0 fully saturated rings. The molecule has 1 heterocycles. The topological polar surface area (TPSA) is 24.7 Å². The maximum Gasteiger partial charge on any atom is 0.0636 e. The van der Waals surface area contributed by atoms with Gasteiger partial charge in [-0.2, -0.15) is 0 Å². The van der Waals surface area contributed by atoms with E-state index in [0.29, 0.717) is 0 Å². The first-order chi connectivity index (χ1) is 12.0. The van der Waals surface area contributed by atoms with Crippen LogP contribution in [0.2, 0.25) is 0 Å². The number of thiophene rings is 1. The Kier molecular flexibility index (Phi) is 5.25. The van der Waals surface area contributed by atoms with Crippen LogP contribution in [0, 0.1) is 13.8 Å². The van der Waals surface area contributed by atoms with Crippen molar-refractivity contribution in [3.05, 3.63) is 81.5 Å². The van der Waals surface area contributed by atoms with Gasteiger partial charge in [-0.3, -0.25) is 9.98 Å². The summed E-state index contributed by atoms with van der Waals surface area (Å²) in [6.07, 6.45) is 0. The van der Waals surface area contributed by atoms with E-state index in [1.165, 1.54) is 20.9 Å². The predicted molar refractivity (Wildman–Crippen MR) is 110 cm³/mol. The number of nitrogens with zero attached hydrogens (tertiary/aromatic N) is 2. The van der Waals surface area contributed by atoms with Crippen molar-refractivity contribution in [3.63, 3.8) is 0 Å². The average Bonchev–Trinajstić information content (AvgIpc) is 3.05. The molecular formula is C22H22N2S. The van der Waals surface area contributed by atoms with Crippen LogP contribution in [0.3, 0.4) is 0 Å². The highest BCUT2D eigenvalue weighted by Gasteiger charge is 2.06. The van der Waals surface area contributed by atoms with Crippen LogP contribution in [0.5, 0.6) is 0 Å². The lowest BCUT2D eigenvalue weighted by Gasteiger charge is -2.00. The zero-order valence-corrected chi connectivity index (χ0v) is 15.9. The number of benzene rings is 2. The molecule has 0 aliphatic carbocycles. The van der Waals surface area contributed by atoms with Crippen molar-refractivity contribution in [1.82, 2.24) is 0 Å². The fourth-order valence-corrected chi connectivity index (χ4v) is 3.52. The van der Waals surface area contributed by atoms with Gasteiger partial charge in [0.2, 0.25) is 0 Å². The van der Waals surface area contributed by atoms with E-state index < -0.39 is 0 Å². The summed E-state index contributed by atoms with van der Waals surface area (Å²) >= 11 is 1.73. The molecule has 2 aromatic carbocycles.